The lowest BCUT2D eigenvalue weighted by Gasteiger charge is -2.11. The number of pyridine rings is 1. The third kappa shape index (κ3) is 9.01. The Balaban J connectivity index is 0.000000947. The SMILES string of the molecule is C.CCCOc1cnc(Sc2cc(C)c(-c3csc(NC(=O)c4ccncc4)n3)c(C)c2)cn1.O=S(=O)=O. The molecule has 38 heavy (non-hydrogen) atoms. The molecule has 1 amide bonds. The molecule has 0 fully saturated rings. The highest BCUT2D eigenvalue weighted by atomic mass is 32.2. The summed E-state index contributed by atoms with van der Waals surface area (Å²) in [5.41, 5.74) is 4.66. The summed E-state index contributed by atoms with van der Waals surface area (Å²) in [6.45, 7) is 6.81. The smallest absolute Gasteiger partial charge is 0.425 e. The zero-order chi connectivity index (χ0) is 26.8. The van der Waals surface area contributed by atoms with Crippen molar-refractivity contribution in [2.24, 2.45) is 0 Å². The molecule has 0 aliphatic heterocycles. The summed E-state index contributed by atoms with van der Waals surface area (Å²) in [5.74, 6) is 0.338. The molecule has 0 unspecified atom stereocenters. The predicted molar refractivity (Wildman–Crippen MR) is 148 cm³/mol. The van der Waals surface area contributed by atoms with Gasteiger partial charge in [-0.05, 0) is 55.7 Å². The fourth-order valence-corrected chi connectivity index (χ4v) is 4.88. The lowest BCUT2D eigenvalue weighted by Crippen LogP contribution is -2.11. The number of carbonyl (C=O) groups is 1. The van der Waals surface area contributed by atoms with E-state index in [9.17, 15) is 4.79 Å². The number of aromatic nitrogens is 4. The van der Waals surface area contributed by atoms with Crippen molar-refractivity contribution in [1.29, 1.82) is 0 Å². The van der Waals surface area contributed by atoms with Crippen LogP contribution < -0.4 is 10.1 Å². The topological polar surface area (TPSA) is 141 Å². The van der Waals surface area contributed by atoms with Gasteiger partial charge in [0, 0.05) is 33.8 Å². The Morgan fingerprint density at radius 2 is 1.74 bits per heavy atom. The molecular weight excluding hydrogens is 547 g/mol. The minimum Gasteiger partial charge on any atom is -0.477 e. The molecule has 0 aliphatic rings. The lowest BCUT2D eigenvalue weighted by atomic mass is 10.0. The molecule has 3 aromatic heterocycles. The van der Waals surface area contributed by atoms with Crippen LogP contribution in [0.25, 0.3) is 11.3 Å². The van der Waals surface area contributed by atoms with E-state index in [0.29, 0.717) is 23.2 Å². The number of thiazole rings is 1. The summed E-state index contributed by atoms with van der Waals surface area (Å²) in [5, 5.41) is 6.19. The number of aryl methyl sites for hydroxylation is 2. The third-order valence-corrected chi connectivity index (χ3v) is 6.36. The molecule has 0 radical (unpaired) electrons. The van der Waals surface area contributed by atoms with Gasteiger partial charge in [-0.1, -0.05) is 26.1 Å². The van der Waals surface area contributed by atoms with E-state index in [4.69, 9.17) is 17.4 Å². The van der Waals surface area contributed by atoms with Crippen molar-refractivity contribution in [3.05, 3.63) is 71.1 Å². The molecule has 0 aliphatic carbocycles. The van der Waals surface area contributed by atoms with E-state index in [2.05, 4.69) is 58.2 Å². The van der Waals surface area contributed by atoms with Crippen LogP contribution in [0.2, 0.25) is 0 Å². The van der Waals surface area contributed by atoms with E-state index >= 15 is 0 Å². The average molecular weight is 574 g/mol. The molecule has 10 nitrogen and oxygen atoms in total. The van der Waals surface area contributed by atoms with E-state index in [0.717, 1.165) is 38.7 Å². The Hall–Kier alpha value is -3.68. The summed E-state index contributed by atoms with van der Waals surface area (Å²) >= 11 is 2.96. The number of amides is 1. The Morgan fingerprint density at radius 3 is 2.32 bits per heavy atom. The molecule has 0 saturated carbocycles. The number of nitrogens with zero attached hydrogens (tertiary/aromatic N) is 4. The van der Waals surface area contributed by atoms with Crippen LogP contribution in [0.5, 0.6) is 5.88 Å². The number of ether oxygens (including phenoxy) is 1. The van der Waals surface area contributed by atoms with Crippen molar-refractivity contribution in [1.82, 2.24) is 19.9 Å². The van der Waals surface area contributed by atoms with Gasteiger partial charge in [0.15, 0.2) is 5.13 Å². The lowest BCUT2D eigenvalue weighted by molar-refractivity contribution is 0.102. The Morgan fingerprint density at radius 1 is 1.08 bits per heavy atom. The van der Waals surface area contributed by atoms with Crippen molar-refractivity contribution in [2.45, 2.75) is 44.5 Å². The maximum absolute atomic E-state index is 12.4. The maximum Gasteiger partial charge on any atom is 0.425 e. The van der Waals surface area contributed by atoms with Crippen LogP contribution in [0.1, 0.15) is 42.3 Å². The van der Waals surface area contributed by atoms with E-state index in [-0.39, 0.29) is 13.3 Å². The van der Waals surface area contributed by atoms with Gasteiger partial charge in [-0.15, -0.1) is 24.0 Å². The molecule has 0 atom stereocenters. The van der Waals surface area contributed by atoms with Gasteiger partial charge >= 0.3 is 10.6 Å². The van der Waals surface area contributed by atoms with Gasteiger partial charge in [0.1, 0.15) is 5.03 Å². The summed E-state index contributed by atoms with van der Waals surface area (Å²) in [7, 11) is -3.11. The number of carbonyl (C=O) groups excluding carboxylic acids is 1. The zero-order valence-electron chi connectivity index (χ0n) is 20.2. The second kappa shape index (κ2) is 14.9. The molecule has 0 bridgehead atoms. The van der Waals surface area contributed by atoms with Gasteiger partial charge in [-0.3, -0.25) is 15.1 Å². The van der Waals surface area contributed by atoms with Crippen molar-refractivity contribution in [3.63, 3.8) is 0 Å². The van der Waals surface area contributed by atoms with Crippen LogP contribution in [0.3, 0.4) is 0 Å². The highest BCUT2D eigenvalue weighted by molar-refractivity contribution is 7.99. The molecule has 4 aromatic rings. The van der Waals surface area contributed by atoms with Gasteiger partial charge in [0.05, 0.1) is 24.7 Å². The third-order valence-electron chi connectivity index (χ3n) is 4.71. The second-order valence-corrected chi connectivity index (χ2v) is 9.87. The van der Waals surface area contributed by atoms with E-state index in [1.807, 2.05) is 5.38 Å². The van der Waals surface area contributed by atoms with Gasteiger partial charge in [0.25, 0.3) is 5.91 Å². The zero-order valence-corrected chi connectivity index (χ0v) is 22.6. The normalized spacial score (nSPS) is 9.97. The molecule has 1 aromatic carbocycles. The maximum atomic E-state index is 12.4. The predicted octanol–water partition coefficient (Wildman–Crippen LogP) is 5.44. The number of anilines is 1. The first-order valence-electron chi connectivity index (χ1n) is 10.9. The number of hydrogen-bond donors (Lipinski definition) is 1. The standard InChI is InChI=1S/C24H23N5O2S2.CH4.O3S/c1-4-9-31-20-12-27-21(13-26-20)33-18-10-15(2)22(16(3)11-18)19-14-32-24(28-19)29-23(30)17-5-7-25-8-6-17;;1-4(2)3/h5-8,10-14H,4,9H2,1-3H3,(H,28,29,30);1H4;. The molecule has 0 spiro atoms. The minimum absolute atomic E-state index is 0. The van der Waals surface area contributed by atoms with Gasteiger partial charge in [-0.2, -0.15) is 0 Å². The van der Waals surface area contributed by atoms with Crippen molar-refractivity contribution in [2.75, 3.05) is 11.9 Å². The van der Waals surface area contributed by atoms with E-state index < -0.39 is 10.6 Å². The first kappa shape index (κ1) is 30.5. The van der Waals surface area contributed by atoms with Crippen molar-refractivity contribution < 1.29 is 22.2 Å². The Kier molecular flexibility index (Phi) is 12.0. The largest absolute Gasteiger partial charge is 0.477 e. The number of hydrogen-bond acceptors (Lipinski definition) is 11. The van der Waals surface area contributed by atoms with Crippen LogP contribution in [0.4, 0.5) is 5.13 Å². The number of rotatable bonds is 8. The highest BCUT2D eigenvalue weighted by Crippen LogP contribution is 2.35. The first-order chi connectivity index (χ1) is 17.8. The van der Waals surface area contributed by atoms with Gasteiger partial charge < -0.3 is 4.74 Å². The molecule has 0 saturated heterocycles. The molecule has 1 N–H and O–H groups in total. The highest BCUT2D eigenvalue weighted by Gasteiger charge is 2.14. The molecule has 13 heteroatoms. The van der Waals surface area contributed by atoms with Gasteiger partial charge in [0.2, 0.25) is 5.88 Å². The number of nitrogens with one attached hydrogen (secondary N) is 1. The molecule has 4 rings (SSSR count). The van der Waals surface area contributed by atoms with E-state index in [1.54, 1.807) is 48.7 Å². The Labute approximate surface area is 231 Å². The second-order valence-electron chi connectivity index (χ2n) is 7.51. The summed E-state index contributed by atoms with van der Waals surface area (Å²) < 4.78 is 30.8. The van der Waals surface area contributed by atoms with Crippen molar-refractivity contribution >= 4 is 44.7 Å². The minimum atomic E-state index is -3.11. The summed E-state index contributed by atoms with van der Waals surface area (Å²) in [6, 6.07) is 7.57. The van der Waals surface area contributed by atoms with Crippen LogP contribution in [-0.2, 0) is 10.6 Å². The average Bonchev–Trinajstić information content (AvgIpc) is 3.31. The van der Waals surface area contributed by atoms with Crippen LogP contribution in [0.15, 0.2) is 64.4 Å². The molecular formula is C25H27N5O5S3. The number of benzene rings is 1. The quantitative estimate of drug-likeness (QED) is 0.290. The Bertz CT molecular complexity index is 1430. The fourth-order valence-electron chi connectivity index (χ4n) is 3.26. The van der Waals surface area contributed by atoms with Gasteiger partial charge in [-0.25, -0.2) is 15.0 Å². The summed E-state index contributed by atoms with van der Waals surface area (Å²) in [6.07, 6.45) is 7.50. The molecule has 3 heterocycles. The van der Waals surface area contributed by atoms with Crippen LogP contribution in [0, 0.1) is 13.8 Å². The van der Waals surface area contributed by atoms with E-state index in [1.165, 1.54) is 11.3 Å². The summed E-state index contributed by atoms with van der Waals surface area (Å²) in [4.78, 5) is 30.8. The first-order valence-corrected chi connectivity index (χ1v) is 13.6. The van der Waals surface area contributed by atoms with Crippen LogP contribution in [-0.4, -0.2) is 45.1 Å². The van der Waals surface area contributed by atoms with Crippen molar-refractivity contribution in [3.8, 4) is 17.1 Å². The molecule has 200 valence electrons. The van der Waals surface area contributed by atoms with Crippen LogP contribution >= 0.6 is 23.1 Å². The fraction of sp³-hybridized carbons (Fsp3) is 0.240. The monoisotopic (exact) mass is 573 g/mol.